The molecular weight excluding hydrogens is 329 g/mol. The first-order valence-electron chi connectivity index (χ1n) is 7.21. The fourth-order valence-corrected chi connectivity index (χ4v) is 3.16. The van der Waals surface area contributed by atoms with Gasteiger partial charge in [-0.15, -0.1) is 0 Å². The average Bonchev–Trinajstić information content (AvgIpc) is 2.85. The number of thioether (sulfide) groups is 1. The molecule has 0 radical (unpaired) electrons. The lowest BCUT2D eigenvalue weighted by molar-refractivity contribution is -0.123. The van der Waals surface area contributed by atoms with Gasteiger partial charge in [-0.05, 0) is 41.6 Å². The first-order chi connectivity index (χ1) is 11.6. The molecule has 24 heavy (non-hydrogen) atoms. The van der Waals surface area contributed by atoms with E-state index in [0.29, 0.717) is 16.2 Å². The predicted octanol–water partition coefficient (Wildman–Crippen LogP) is 4.07. The van der Waals surface area contributed by atoms with Crippen LogP contribution in [-0.4, -0.2) is 23.2 Å². The maximum Gasteiger partial charge on any atom is 0.293 e. The highest BCUT2D eigenvalue weighted by molar-refractivity contribution is 8.18. The molecule has 1 fully saturated rings. The van der Waals surface area contributed by atoms with Gasteiger partial charge < -0.3 is 4.74 Å². The van der Waals surface area contributed by atoms with Crippen LogP contribution in [0.4, 0.5) is 9.18 Å². The van der Waals surface area contributed by atoms with Crippen molar-refractivity contribution in [2.45, 2.75) is 6.54 Å². The predicted molar refractivity (Wildman–Crippen MR) is 90.9 cm³/mol. The van der Waals surface area contributed by atoms with Crippen LogP contribution in [0.2, 0.25) is 0 Å². The number of carbonyl (C=O) groups excluding carboxylic acids is 2. The molecule has 1 aliphatic heterocycles. The van der Waals surface area contributed by atoms with Crippen molar-refractivity contribution in [2.24, 2.45) is 0 Å². The molecule has 0 aliphatic carbocycles. The molecule has 4 nitrogen and oxygen atoms in total. The summed E-state index contributed by atoms with van der Waals surface area (Å²) in [5.41, 5.74) is 1.42. The molecule has 1 saturated heterocycles. The molecule has 0 saturated carbocycles. The number of rotatable bonds is 4. The molecule has 3 rings (SSSR count). The van der Waals surface area contributed by atoms with Crippen LogP contribution in [0.15, 0.2) is 53.4 Å². The Labute approximate surface area is 142 Å². The second-order valence-corrected chi connectivity index (χ2v) is 6.13. The van der Waals surface area contributed by atoms with E-state index in [4.69, 9.17) is 4.74 Å². The number of imide groups is 1. The van der Waals surface area contributed by atoms with Crippen LogP contribution < -0.4 is 4.74 Å². The molecule has 0 unspecified atom stereocenters. The Balaban J connectivity index is 1.83. The molecule has 2 aromatic carbocycles. The zero-order valence-corrected chi connectivity index (χ0v) is 13.7. The molecular formula is C18H14FNO3S. The maximum atomic E-state index is 13.0. The number of amides is 2. The third-order valence-electron chi connectivity index (χ3n) is 3.55. The van der Waals surface area contributed by atoms with Crippen molar-refractivity contribution in [1.29, 1.82) is 0 Å². The van der Waals surface area contributed by atoms with Gasteiger partial charge in [0.15, 0.2) is 0 Å². The van der Waals surface area contributed by atoms with Crippen molar-refractivity contribution in [3.05, 3.63) is 70.4 Å². The summed E-state index contributed by atoms with van der Waals surface area (Å²) in [4.78, 5) is 26.1. The smallest absolute Gasteiger partial charge is 0.293 e. The Morgan fingerprint density at radius 2 is 1.83 bits per heavy atom. The number of halogens is 1. The molecule has 0 N–H and O–H groups in total. The van der Waals surface area contributed by atoms with E-state index in [9.17, 15) is 14.0 Å². The molecule has 2 aromatic rings. The Morgan fingerprint density at radius 1 is 1.12 bits per heavy atom. The van der Waals surface area contributed by atoms with E-state index >= 15 is 0 Å². The van der Waals surface area contributed by atoms with E-state index in [2.05, 4.69) is 0 Å². The lowest BCUT2D eigenvalue weighted by Crippen LogP contribution is -2.27. The number of methoxy groups -OCH3 is 1. The number of para-hydroxylation sites is 1. The topological polar surface area (TPSA) is 46.6 Å². The minimum Gasteiger partial charge on any atom is -0.496 e. The van der Waals surface area contributed by atoms with Gasteiger partial charge in [0.05, 0.1) is 18.6 Å². The second-order valence-electron chi connectivity index (χ2n) is 5.14. The normalized spacial score (nSPS) is 16.1. The average molecular weight is 343 g/mol. The number of nitrogens with zero attached hydrogens (tertiary/aromatic N) is 1. The van der Waals surface area contributed by atoms with Crippen molar-refractivity contribution in [3.8, 4) is 5.75 Å². The highest BCUT2D eigenvalue weighted by Gasteiger charge is 2.35. The van der Waals surface area contributed by atoms with E-state index in [1.54, 1.807) is 31.4 Å². The SMILES string of the molecule is COc1ccccc1C=C1SC(=O)N(Cc2ccc(F)cc2)C1=O. The first kappa shape index (κ1) is 16.3. The molecule has 6 heteroatoms. The molecule has 122 valence electrons. The summed E-state index contributed by atoms with van der Waals surface area (Å²) >= 11 is 0.887. The van der Waals surface area contributed by atoms with Crippen molar-refractivity contribution < 1.29 is 18.7 Å². The van der Waals surface area contributed by atoms with Gasteiger partial charge in [-0.25, -0.2) is 4.39 Å². The molecule has 0 spiro atoms. The van der Waals surface area contributed by atoms with Crippen molar-refractivity contribution >= 4 is 29.0 Å². The summed E-state index contributed by atoms with van der Waals surface area (Å²) < 4.78 is 18.2. The summed E-state index contributed by atoms with van der Waals surface area (Å²) in [7, 11) is 1.55. The molecule has 1 aliphatic rings. The maximum absolute atomic E-state index is 13.0. The summed E-state index contributed by atoms with van der Waals surface area (Å²) in [5, 5.41) is -0.342. The lowest BCUT2D eigenvalue weighted by Gasteiger charge is -2.12. The van der Waals surface area contributed by atoms with Crippen LogP contribution in [0.3, 0.4) is 0 Å². The zero-order valence-electron chi connectivity index (χ0n) is 12.9. The van der Waals surface area contributed by atoms with Gasteiger partial charge >= 0.3 is 0 Å². The monoisotopic (exact) mass is 343 g/mol. The van der Waals surface area contributed by atoms with E-state index < -0.39 is 0 Å². The van der Waals surface area contributed by atoms with Crippen LogP contribution in [0, 0.1) is 5.82 Å². The molecule has 2 amide bonds. The minimum atomic E-state index is -0.361. The first-order valence-corrected chi connectivity index (χ1v) is 8.03. The number of hydrogen-bond acceptors (Lipinski definition) is 4. The van der Waals surface area contributed by atoms with Crippen molar-refractivity contribution in [3.63, 3.8) is 0 Å². The van der Waals surface area contributed by atoms with E-state index in [1.807, 2.05) is 18.2 Å². The summed E-state index contributed by atoms with van der Waals surface area (Å²) in [6.07, 6.45) is 1.65. The van der Waals surface area contributed by atoms with Crippen LogP contribution >= 0.6 is 11.8 Å². The number of benzene rings is 2. The van der Waals surface area contributed by atoms with E-state index in [0.717, 1.165) is 22.2 Å². The van der Waals surface area contributed by atoms with Crippen molar-refractivity contribution in [2.75, 3.05) is 7.11 Å². The standard InChI is InChI=1S/C18H14FNO3S/c1-23-15-5-3-2-4-13(15)10-16-17(21)20(18(22)24-16)11-12-6-8-14(19)9-7-12/h2-10H,11H2,1H3. The second kappa shape index (κ2) is 6.88. The minimum absolute atomic E-state index is 0.119. The number of carbonyl (C=O) groups is 2. The Kier molecular flexibility index (Phi) is 4.66. The van der Waals surface area contributed by atoms with E-state index in [1.165, 1.54) is 12.1 Å². The quantitative estimate of drug-likeness (QED) is 0.785. The summed E-state index contributed by atoms with van der Waals surface area (Å²) in [6, 6.07) is 13.0. The highest BCUT2D eigenvalue weighted by Crippen LogP contribution is 2.34. The van der Waals surface area contributed by atoms with Gasteiger partial charge in [0, 0.05) is 5.56 Å². The van der Waals surface area contributed by atoms with Gasteiger partial charge in [0.1, 0.15) is 11.6 Å². The zero-order chi connectivity index (χ0) is 17.1. The third kappa shape index (κ3) is 3.33. The summed E-state index contributed by atoms with van der Waals surface area (Å²) in [5.74, 6) is -0.0907. The fourth-order valence-electron chi connectivity index (χ4n) is 2.34. The van der Waals surface area contributed by atoms with Gasteiger partial charge in [-0.2, -0.15) is 0 Å². The highest BCUT2D eigenvalue weighted by atomic mass is 32.2. The number of hydrogen-bond donors (Lipinski definition) is 0. The molecule has 0 atom stereocenters. The van der Waals surface area contributed by atoms with Gasteiger partial charge in [-0.3, -0.25) is 14.5 Å². The van der Waals surface area contributed by atoms with Gasteiger partial charge in [0.2, 0.25) is 0 Å². The van der Waals surface area contributed by atoms with Crippen LogP contribution in [0.5, 0.6) is 5.75 Å². The largest absolute Gasteiger partial charge is 0.496 e. The van der Waals surface area contributed by atoms with Crippen molar-refractivity contribution in [1.82, 2.24) is 4.90 Å². The van der Waals surface area contributed by atoms with Gasteiger partial charge in [0.25, 0.3) is 11.1 Å². The molecule has 0 bridgehead atoms. The fraction of sp³-hybridized carbons (Fsp3) is 0.111. The number of ether oxygens (including phenoxy) is 1. The van der Waals surface area contributed by atoms with Crippen LogP contribution in [0.25, 0.3) is 6.08 Å². The van der Waals surface area contributed by atoms with Crippen LogP contribution in [0.1, 0.15) is 11.1 Å². The Hall–Kier alpha value is -2.60. The Bertz CT molecular complexity index is 817. The molecule has 0 aromatic heterocycles. The molecule has 1 heterocycles. The lowest BCUT2D eigenvalue weighted by atomic mass is 10.1. The van der Waals surface area contributed by atoms with Crippen LogP contribution in [-0.2, 0) is 11.3 Å². The van der Waals surface area contributed by atoms with Gasteiger partial charge in [-0.1, -0.05) is 30.3 Å². The van der Waals surface area contributed by atoms with E-state index in [-0.39, 0.29) is 23.5 Å². The third-order valence-corrected chi connectivity index (χ3v) is 4.46. The Morgan fingerprint density at radius 3 is 2.54 bits per heavy atom. The summed E-state index contributed by atoms with van der Waals surface area (Å²) in [6.45, 7) is 0.119.